The van der Waals surface area contributed by atoms with E-state index >= 15 is 0 Å². The molecule has 0 fully saturated rings. The number of nitrogens with zero attached hydrogens (tertiary/aromatic N) is 3. The van der Waals surface area contributed by atoms with Gasteiger partial charge in [0.05, 0.1) is 12.6 Å². The van der Waals surface area contributed by atoms with Gasteiger partial charge in [-0.25, -0.2) is 0 Å². The normalized spacial score (nSPS) is 12.2. The highest BCUT2D eigenvalue weighted by atomic mass is 16.3. The second-order valence-corrected chi connectivity index (χ2v) is 1.93. The molecule has 1 atom stereocenters. The van der Waals surface area contributed by atoms with E-state index in [1.54, 1.807) is 0 Å². The van der Waals surface area contributed by atoms with Crippen LogP contribution in [0, 0.1) is 0 Å². The van der Waals surface area contributed by atoms with E-state index in [2.05, 4.69) is 10.0 Å². The molecule has 0 aliphatic carbocycles. The monoisotopic (exact) mass is 145 g/mol. The zero-order valence-electron chi connectivity index (χ0n) is 5.64. The van der Waals surface area contributed by atoms with Gasteiger partial charge in [0, 0.05) is 11.5 Å². The van der Waals surface area contributed by atoms with E-state index in [1.807, 2.05) is 0 Å². The van der Waals surface area contributed by atoms with Crippen LogP contribution in [0.3, 0.4) is 0 Å². The standard InChI is InChI=1S/C5H11N3O2/c6-8-7-4-5(10)2-1-3-9/h5,9-10H,1-4H2. The predicted octanol–water partition coefficient (Wildman–Crippen LogP) is 0.430. The van der Waals surface area contributed by atoms with Gasteiger partial charge in [-0.2, -0.15) is 0 Å². The minimum atomic E-state index is -0.608. The Morgan fingerprint density at radius 1 is 1.60 bits per heavy atom. The van der Waals surface area contributed by atoms with Gasteiger partial charge in [-0.1, -0.05) is 5.11 Å². The molecule has 58 valence electrons. The number of aliphatic hydroxyl groups excluding tert-OH is 2. The summed E-state index contributed by atoms with van der Waals surface area (Å²) < 4.78 is 0. The zero-order valence-corrected chi connectivity index (χ0v) is 5.64. The third-order valence-electron chi connectivity index (χ3n) is 1.05. The highest BCUT2D eigenvalue weighted by Gasteiger charge is 1.99. The maximum absolute atomic E-state index is 8.94. The summed E-state index contributed by atoms with van der Waals surface area (Å²) in [5.74, 6) is 0. The lowest BCUT2D eigenvalue weighted by Gasteiger charge is -2.03. The molecule has 10 heavy (non-hydrogen) atoms. The van der Waals surface area contributed by atoms with Crippen LogP contribution in [0.25, 0.3) is 10.4 Å². The molecule has 0 saturated carbocycles. The largest absolute Gasteiger partial charge is 0.396 e. The molecule has 1 unspecified atom stereocenters. The minimum Gasteiger partial charge on any atom is -0.396 e. The third-order valence-corrected chi connectivity index (χ3v) is 1.05. The van der Waals surface area contributed by atoms with Crippen molar-refractivity contribution in [3.05, 3.63) is 10.4 Å². The SMILES string of the molecule is [N-]=[N+]=NCC(O)CCCO. The molecule has 0 aromatic rings. The molecular formula is C5H11N3O2. The molecule has 2 N–H and O–H groups in total. The average Bonchev–Trinajstić information content (AvgIpc) is 1.97. The van der Waals surface area contributed by atoms with Crippen molar-refractivity contribution in [1.29, 1.82) is 0 Å². The van der Waals surface area contributed by atoms with Crippen LogP contribution in [-0.4, -0.2) is 29.5 Å². The van der Waals surface area contributed by atoms with Gasteiger partial charge in [0.15, 0.2) is 0 Å². The molecule has 0 aliphatic rings. The lowest BCUT2D eigenvalue weighted by atomic mass is 10.2. The summed E-state index contributed by atoms with van der Waals surface area (Å²) in [6.45, 7) is 0.157. The molecule has 0 bridgehead atoms. The first-order chi connectivity index (χ1) is 4.81. The van der Waals surface area contributed by atoms with E-state index < -0.39 is 6.10 Å². The Bertz CT molecular complexity index is 122. The van der Waals surface area contributed by atoms with Crippen molar-refractivity contribution in [1.82, 2.24) is 0 Å². The number of aliphatic hydroxyl groups is 2. The van der Waals surface area contributed by atoms with Crippen molar-refractivity contribution in [2.45, 2.75) is 18.9 Å². The highest BCUT2D eigenvalue weighted by Crippen LogP contribution is 1.95. The van der Waals surface area contributed by atoms with E-state index in [-0.39, 0.29) is 13.2 Å². The van der Waals surface area contributed by atoms with Gasteiger partial charge in [-0.15, -0.1) is 0 Å². The minimum absolute atomic E-state index is 0.0628. The molecule has 0 rings (SSSR count). The summed E-state index contributed by atoms with van der Waals surface area (Å²) in [5.41, 5.74) is 7.84. The van der Waals surface area contributed by atoms with Crippen molar-refractivity contribution >= 4 is 0 Å². The Kier molecular flexibility index (Phi) is 5.86. The Hall–Kier alpha value is -0.770. The maximum atomic E-state index is 8.94. The van der Waals surface area contributed by atoms with Gasteiger partial charge in [-0.05, 0) is 18.4 Å². The Morgan fingerprint density at radius 3 is 2.80 bits per heavy atom. The Balaban J connectivity index is 3.24. The van der Waals surface area contributed by atoms with Crippen LogP contribution < -0.4 is 0 Å². The van der Waals surface area contributed by atoms with Crippen LogP contribution in [0.1, 0.15) is 12.8 Å². The first-order valence-electron chi connectivity index (χ1n) is 3.11. The van der Waals surface area contributed by atoms with Gasteiger partial charge in [0.2, 0.25) is 0 Å². The summed E-state index contributed by atoms with van der Waals surface area (Å²) in [6.07, 6.45) is 0.417. The molecule has 0 heterocycles. The van der Waals surface area contributed by atoms with Gasteiger partial charge in [0.25, 0.3) is 0 Å². The maximum Gasteiger partial charge on any atom is 0.0597 e. The Labute approximate surface area is 58.9 Å². The van der Waals surface area contributed by atoms with Gasteiger partial charge in [0.1, 0.15) is 0 Å². The third kappa shape index (κ3) is 5.37. The van der Waals surface area contributed by atoms with Crippen LogP contribution >= 0.6 is 0 Å². The molecule has 0 radical (unpaired) electrons. The van der Waals surface area contributed by atoms with Crippen LogP contribution in [0.2, 0.25) is 0 Å². The van der Waals surface area contributed by atoms with E-state index in [4.69, 9.17) is 15.7 Å². The molecule has 0 aromatic carbocycles. The van der Waals surface area contributed by atoms with Crippen LogP contribution in [-0.2, 0) is 0 Å². The first kappa shape index (κ1) is 9.23. The number of azide groups is 1. The second-order valence-electron chi connectivity index (χ2n) is 1.93. The lowest BCUT2D eigenvalue weighted by Crippen LogP contribution is -2.10. The Morgan fingerprint density at radius 2 is 2.30 bits per heavy atom. The van der Waals surface area contributed by atoms with Gasteiger partial charge in [-0.3, -0.25) is 0 Å². The molecule has 0 aromatic heterocycles. The van der Waals surface area contributed by atoms with Crippen LogP contribution in [0.5, 0.6) is 0 Å². The van der Waals surface area contributed by atoms with Crippen LogP contribution in [0.4, 0.5) is 0 Å². The van der Waals surface area contributed by atoms with Crippen molar-refractivity contribution in [3.63, 3.8) is 0 Å². The van der Waals surface area contributed by atoms with E-state index in [0.717, 1.165) is 0 Å². The molecule has 0 amide bonds. The zero-order chi connectivity index (χ0) is 7.82. The van der Waals surface area contributed by atoms with E-state index in [1.165, 1.54) is 0 Å². The fraction of sp³-hybridized carbons (Fsp3) is 1.00. The summed E-state index contributed by atoms with van der Waals surface area (Å²) in [4.78, 5) is 2.49. The fourth-order valence-corrected chi connectivity index (χ4v) is 0.549. The summed E-state index contributed by atoms with van der Waals surface area (Å²) >= 11 is 0. The van der Waals surface area contributed by atoms with Crippen molar-refractivity contribution < 1.29 is 10.2 Å². The number of hydrogen-bond donors (Lipinski definition) is 2. The van der Waals surface area contributed by atoms with Gasteiger partial charge < -0.3 is 10.2 Å². The average molecular weight is 145 g/mol. The number of hydrogen-bond acceptors (Lipinski definition) is 3. The van der Waals surface area contributed by atoms with Crippen molar-refractivity contribution in [3.8, 4) is 0 Å². The molecule has 5 heteroatoms. The summed E-state index contributed by atoms with van der Waals surface area (Å²) in [7, 11) is 0. The van der Waals surface area contributed by atoms with Crippen molar-refractivity contribution in [2.75, 3.05) is 13.2 Å². The lowest BCUT2D eigenvalue weighted by molar-refractivity contribution is 0.157. The smallest absolute Gasteiger partial charge is 0.0597 e. The fourth-order valence-electron chi connectivity index (χ4n) is 0.549. The molecule has 0 saturated heterocycles. The van der Waals surface area contributed by atoms with E-state index in [0.29, 0.717) is 12.8 Å². The van der Waals surface area contributed by atoms with Crippen LogP contribution in [0.15, 0.2) is 5.11 Å². The topological polar surface area (TPSA) is 89.2 Å². The number of rotatable bonds is 5. The van der Waals surface area contributed by atoms with Crippen molar-refractivity contribution in [2.24, 2.45) is 5.11 Å². The molecule has 0 aliphatic heterocycles. The van der Waals surface area contributed by atoms with Gasteiger partial charge >= 0.3 is 0 Å². The highest BCUT2D eigenvalue weighted by molar-refractivity contribution is 4.58. The molecular weight excluding hydrogens is 134 g/mol. The van der Waals surface area contributed by atoms with E-state index in [9.17, 15) is 0 Å². The quantitative estimate of drug-likeness (QED) is 0.333. The molecule has 0 spiro atoms. The summed E-state index contributed by atoms with van der Waals surface area (Å²) in [5, 5.41) is 20.4. The second kappa shape index (κ2) is 6.35. The first-order valence-corrected chi connectivity index (χ1v) is 3.11. The predicted molar refractivity (Wildman–Crippen MR) is 36.3 cm³/mol. The summed E-state index contributed by atoms with van der Waals surface area (Å²) in [6, 6.07) is 0. The molecule has 5 nitrogen and oxygen atoms in total.